The molecule has 5 nitrogen and oxygen atoms in total. The van der Waals surface area contributed by atoms with Gasteiger partial charge in [-0.25, -0.2) is 9.78 Å². The van der Waals surface area contributed by atoms with Gasteiger partial charge in [0.1, 0.15) is 5.82 Å². The average molecular weight is 239 g/mol. The fourth-order valence-corrected chi connectivity index (χ4v) is 1.41. The number of pyridine rings is 1. The van der Waals surface area contributed by atoms with E-state index >= 15 is 0 Å². The molecule has 0 unspecified atom stereocenters. The van der Waals surface area contributed by atoms with Crippen molar-refractivity contribution in [1.29, 1.82) is 5.26 Å². The van der Waals surface area contributed by atoms with Crippen LogP contribution in [0, 0.1) is 11.3 Å². The van der Waals surface area contributed by atoms with Gasteiger partial charge in [-0.15, -0.1) is 0 Å². The molecular weight excluding hydrogens is 230 g/mol. The van der Waals surface area contributed by atoms with Crippen LogP contribution < -0.4 is 5.32 Å². The maximum atomic E-state index is 10.7. The molecule has 0 aliphatic carbocycles. The van der Waals surface area contributed by atoms with Crippen molar-refractivity contribution in [3.63, 3.8) is 0 Å². The number of nitrogens with zero attached hydrogens (tertiary/aromatic N) is 2. The Labute approximate surface area is 103 Å². The first-order valence-electron chi connectivity index (χ1n) is 5.15. The third-order valence-corrected chi connectivity index (χ3v) is 2.27. The lowest BCUT2D eigenvalue weighted by Crippen LogP contribution is -1.99. The number of rotatable bonds is 3. The van der Waals surface area contributed by atoms with Gasteiger partial charge in [-0.3, -0.25) is 0 Å². The number of nitrogens with one attached hydrogen (secondary N) is 1. The first kappa shape index (κ1) is 11.6. The molecule has 0 atom stereocenters. The Bertz CT molecular complexity index is 615. The van der Waals surface area contributed by atoms with E-state index in [9.17, 15) is 4.79 Å². The van der Waals surface area contributed by atoms with Crippen molar-refractivity contribution >= 4 is 17.5 Å². The molecule has 0 spiro atoms. The van der Waals surface area contributed by atoms with Crippen LogP contribution in [0.4, 0.5) is 11.5 Å². The first-order chi connectivity index (χ1) is 8.69. The maximum absolute atomic E-state index is 10.7. The van der Waals surface area contributed by atoms with E-state index in [1.165, 1.54) is 12.3 Å². The van der Waals surface area contributed by atoms with Gasteiger partial charge in [0, 0.05) is 11.9 Å². The average Bonchev–Trinajstić information content (AvgIpc) is 2.39. The Morgan fingerprint density at radius 3 is 2.78 bits per heavy atom. The lowest BCUT2D eigenvalue weighted by Gasteiger charge is -2.05. The molecule has 88 valence electrons. The van der Waals surface area contributed by atoms with Crippen LogP contribution in [0.3, 0.4) is 0 Å². The predicted octanol–water partition coefficient (Wildman–Crippen LogP) is 2.40. The molecule has 1 aromatic heterocycles. The minimum atomic E-state index is -1.01. The number of hydrogen-bond donors (Lipinski definition) is 2. The Hall–Kier alpha value is -2.87. The fourth-order valence-electron chi connectivity index (χ4n) is 1.41. The van der Waals surface area contributed by atoms with Crippen molar-refractivity contribution in [2.75, 3.05) is 5.32 Å². The maximum Gasteiger partial charge on any atom is 0.337 e. The second-order valence-corrected chi connectivity index (χ2v) is 3.55. The number of carboxylic acid groups (broad SMARTS) is 1. The Morgan fingerprint density at radius 2 is 2.17 bits per heavy atom. The SMILES string of the molecule is N#Cc1cccc(Nc2ccc(C(=O)O)cn2)c1. The summed E-state index contributed by atoms with van der Waals surface area (Å²) >= 11 is 0. The highest BCUT2D eigenvalue weighted by Crippen LogP contribution is 2.15. The van der Waals surface area contributed by atoms with Crippen LogP contribution in [0.2, 0.25) is 0 Å². The van der Waals surface area contributed by atoms with Crippen LogP contribution in [0.5, 0.6) is 0 Å². The standard InChI is InChI=1S/C13H9N3O2/c14-7-9-2-1-3-11(6-9)16-12-5-4-10(8-15-12)13(17)18/h1-6,8H,(H,15,16)(H,17,18). The second-order valence-electron chi connectivity index (χ2n) is 3.55. The van der Waals surface area contributed by atoms with Crippen molar-refractivity contribution in [3.8, 4) is 6.07 Å². The first-order valence-corrected chi connectivity index (χ1v) is 5.15. The predicted molar refractivity (Wildman–Crippen MR) is 65.6 cm³/mol. The Morgan fingerprint density at radius 1 is 1.33 bits per heavy atom. The third-order valence-electron chi connectivity index (χ3n) is 2.27. The fraction of sp³-hybridized carbons (Fsp3) is 0. The minimum Gasteiger partial charge on any atom is -0.478 e. The summed E-state index contributed by atoms with van der Waals surface area (Å²) in [5.41, 5.74) is 1.40. The summed E-state index contributed by atoms with van der Waals surface area (Å²) in [6.07, 6.45) is 1.28. The van der Waals surface area contributed by atoms with E-state index in [4.69, 9.17) is 10.4 Å². The van der Waals surface area contributed by atoms with E-state index in [1.54, 1.807) is 30.3 Å². The zero-order valence-corrected chi connectivity index (χ0v) is 9.29. The zero-order valence-electron chi connectivity index (χ0n) is 9.29. The van der Waals surface area contributed by atoms with Crippen molar-refractivity contribution in [3.05, 3.63) is 53.7 Å². The Balaban J connectivity index is 2.18. The molecule has 0 aliphatic rings. The number of nitriles is 1. The molecule has 0 radical (unpaired) electrons. The third kappa shape index (κ3) is 2.62. The molecule has 1 aromatic carbocycles. The lowest BCUT2D eigenvalue weighted by molar-refractivity contribution is 0.0696. The molecule has 0 saturated heterocycles. The summed E-state index contributed by atoms with van der Waals surface area (Å²) in [5.74, 6) is -0.490. The van der Waals surface area contributed by atoms with Gasteiger partial charge in [-0.1, -0.05) is 6.07 Å². The van der Waals surface area contributed by atoms with E-state index in [2.05, 4.69) is 10.3 Å². The molecule has 0 aliphatic heterocycles. The highest BCUT2D eigenvalue weighted by atomic mass is 16.4. The molecule has 0 amide bonds. The number of anilines is 2. The highest BCUT2D eigenvalue weighted by Gasteiger charge is 2.03. The van der Waals surface area contributed by atoms with Gasteiger partial charge < -0.3 is 10.4 Å². The number of hydrogen-bond acceptors (Lipinski definition) is 4. The molecule has 0 fully saturated rings. The van der Waals surface area contributed by atoms with Crippen LogP contribution in [-0.4, -0.2) is 16.1 Å². The van der Waals surface area contributed by atoms with E-state index in [0.29, 0.717) is 11.4 Å². The summed E-state index contributed by atoms with van der Waals surface area (Å²) < 4.78 is 0. The van der Waals surface area contributed by atoms with E-state index < -0.39 is 5.97 Å². The van der Waals surface area contributed by atoms with Gasteiger partial charge in [0.25, 0.3) is 0 Å². The number of aromatic carboxylic acids is 1. The summed E-state index contributed by atoms with van der Waals surface area (Å²) in [4.78, 5) is 14.6. The van der Waals surface area contributed by atoms with Crippen molar-refractivity contribution < 1.29 is 9.90 Å². The largest absolute Gasteiger partial charge is 0.478 e. The van der Waals surface area contributed by atoms with Crippen LogP contribution in [-0.2, 0) is 0 Å². The molecule has 2 aromatic rings. The van der Waals surface area contributed by atoms with E-state index in [1.807, 2.05) is 6.07 Å². The molecular formula is C13H9N3O2. The molecule has 5 heteroatoms. The van der Waals surface area contributed by atoms with Crippen LogP contribution in [0.25, 0.3) is 0 Å². The van der Waals surface area contributed by atoms with Crippen molar-refractivity contribution in [2.45, 2.75) is 0 Å². The topological polar surface area (TPSA) is 86.0 Å². The van der Waals surface area contributed by atoms with E-state index in [-0.39, 0.29) is 5.56 Å². The van der Waals surface area contributed by atoms with Gasteiger partial charge in [0.2, 0.25) is 0 Å². The van der Waals surface area contributed by atoms with Crippen LogP contribution >= 0.6 is 0 Å². The molecule has 0 saturated carbocycles. The molecule has 18 heavy (non-hydrogen) atoms. The summed E-state index contributed by atoms with van der Waals surface area (Å²) in [7, 11) is 0. The minimum absolute atomic E-state index is 0.131. The van der Waals surface area contributed by atoms with Crippen LogP contribution in [0.15, 0.2) is 42.6 Å². The quantitative estimate of drug-likeness (QED) is 0.858. The summed E-state index contributed by atoms with van der Waals surface area (Å²) in [6, 6.07) is 12.0. The molecule has 1 heterocycles. The number of carboxylic acids is 1. The highest BCUT2D eigenvalue weighted by molar-refractivity contribution is 5.87. The normalized spacial score (nSPS) is 9.50. The smallest absolute Gasteiger partial charge is 0.337 e. The lowest BCUT2D eigenvalue weighted by atomic mass is 10.2. The van der Waals surface area contributed by atoms with Gasteiger partial charge in [-0.05, 0) is 30.3 Å². The zero-order chi connectivity index (χ0) is 13.0. The number of aromatic nitrogens is 1. The van der Waals surface area contributed by atoms with Gasteiger partial charge in [0.15, 0.2) is 0 Å². The van der Waals surface area contributed by atoms with Gasteiger partial charge in [-0.2, -0.15) is 5.26 Å². The van der Waals surface area contributed by atoms with Gasteiger partial charge in [0.05, 0.1) is 17.2 Å². The monoisotopic (exact) mass is 239 g/mol. The number of benzene rings is 1. The molecule has 2 N–H and O–H groups in total. The second kappa shape index (κ2) is 4.97. The van der Waals surface area contributed by atoms with Crippen molar-refractivity contribution in [1.82, 2.24) is 4.98 Å². The summed E-state index contributed by atoms with van der Waals surface area (Å²) in [5, 5.41) is 20.5. The van der Waals surface area contributed by atoms with Crippen molar-refractivity contribution in [2.24, 2.45) is 0 Å². The Kier molecular flexibility index (Phi) is 3.21. The summed E-state index contributed by atoms with van der Waals surface area (Å²) in [6.45, 7) is 0. The van der Waals surface area contributed by atoms with Crippen LogP contribution in [0.1, 0.15) is 15.9 Å². The van der Waals surface area contributed by atoms with Gasteiger partial charge >= 0.3 is 5.97 Å². The van der Waals surface area contributed by atoms with E-state index in [0.717, 1.165) is 5.69 Å². The molecule has 2 rings (SSSR count). The molecule has 0 bridgehead atoms. The number of carbonyl (C=O) groups is 1.